The molecule has 0 unspecified atom stereocenters. The van der Waals surface area contributed by atoms with Crippen molar-refractivity contribution in [3.05, 3.63) is 53.6 Å². The van der Waals surface area contributed by atoms with E-state index >= 15 is 0 Å². The Labute approximate surface area is 146 Å². The minimum absolute atomic E-state index is 0.117. The van der Waals surface area contributed by atoms with Crippen molar-refractivity contribution in [1.29, 1.82) is 0 Å². The Balaban J connectivity index is 1.65. The maximum absolute atomic E-state index is 12.7. The highest BCUT2D eigenvalue weighted by Gasteiger charge is 2.23. The molecule has 2 aliphatic rings. The van der Waals surface area contributed by atoms with E-state index in [4.69, 9.17) is 14.5 Å². The zero-order valence-electron chi connectivity index (χ0n) is 14.2. The summed E-state index contributed by atoms with van der Waals surface area (Å²) in [7, 11) is 1.64. The van der Waals surface area contributed by atoms with Gasteiger partial charge in [-0.3, -0.25) is 9.79 Å². The summed E-state index contributed by atoms with van der Waals surface area (Å²) in [6.07, 6.45) is 0.325. The van der Waals surface area contributed by atoms with Gasteiger partial charge in [0.1, 0.15) is 5.75 Å². The number of Topliss-reactive ketones (excluding diaryl/α,β-unsaturated/α-hetero) is 1. The molecule has 0 N–H and O–H groups in total. The molecule has 0 aliphatic carbocycles. The van der Waals surface area contributed by atoms with Gasteiger partial charge in [0.2, 0.25) is 0 Å². The Morgan fingerprint density at radius 1 is 1.08 bits per heavy atom. The van der Waals surface area contributed by atoms with Crippen LogP contribution in [0.4, 0.5) is 11.4 Å². The van der Waals surface area contributed by atoms with Crippen LogP contribution in [0.25, 0.3) is 0 Å². The van der Waals surface area contributed by atoms with E-state index in [2.05, 4.69) is 4.90 Å². The first-order valence-corrected chi connectivity index (χ1v) is 8.46. The van der Waals surface area contributed by atoms with Crippen LogP contribution in [-0.4, -0.2) is 44.9 Å². The van der Waals surface area contributed by atoms with E-state index in [0.29, 0.717) is 12.0 Å². The number of morpholine rings is 1. The Morgan fingerprint density at radius 2 is 1.84 bits per heavy atom. The lowest BCUT2D eigenvalue weighted by Gasteiger charge is -2.29. The van der Waals surface area contributed by atoms with Crippen molar-refractivity contribution in [3.63, 3.8) is 0 Å². The van der Waals surface area contributed by atoms with E-state index in [9.17, 15) is 4.79 Å². The Kier molecular flexibility index (Phi) is 4.24. The molecule has 1 saturated heterocycles. The second-order valence-corrected chi connectivity index (χ2v) is 6.19. The molecule has 5 heteroatoms. The lowest BCUT2D eigenvalue weighted by atomic mass is 9.95. The van der Waals surface area contributed by atoms with Crippen LogP contribution in [0, 0.1) is 0 Å². The van der Waals surface area contributed by atoms with Crippen molar-refractivity contribution in [2.24, 2.45) is 4.99 Å². The molecule has 0 aromatic heterocycles. The van der Waals surface area contributed by atoms with Gasteiger partial charge in [0, 0.05) is 24.3 Å². The molecule has 2 aromatic rings. The number of methoxy groups -OCH3 is 1. The lowest BCUT2D eigenvalue weighted by molar-refractivity contribution is 0.1000. The first-order valence-electron chi connectivity index (χ1n) is 8.46. The second kappa shape index (κ2) is 6.69. The molecule has 0 amide bonds. The predicted molar refractivity (Wildman–Crippen MR) is 97.6 cm³/mol. The summed E-state index contributed by atoms with van der Waals surface area (Å²) >= 11 is 0. The summed E-state index contributed by atoms with van der Waals surface area (Å²) in [5.41, 5.74) is 4.29. The molecule has 25 heavy (non-hydrogen) atoms. The standard InChI is InChI=1S/C20H20N2O3/c1-24-16-5-2-14(3-6-16)19-13-20(23)17-12-15(4-7-18(17)21-19)22-8-10-25-11-9-22/h2-7,12H,8-11,13H2,1H3. The number of carbonyl (C=O) groups excluding carboxylic acids is 1. The van der Waals surface area contributed by atoms with Crippen molar-refractivity contribution in [2.45, 2.75) is 6.42 Å². The van der Waals surface area contributed by atoms with E-state index in [-0.39, 0.29) is 5.78 Å². The normalized spacial score (nSPS) is 17.1. The number of ketones is 1. The van der Waals surface area contributed by atoms with Crippen molar-refractivity contribution < 1.29 is 14.3 Å². The maximum atomic E-state index is 12.7. The fourth-order valence-electron chi connectivity index (χ4n) is 3.25. The quantitative estimate of drug-likeness (QED) is 0.863. The molecule has 128 valence electrons. The maximum Gasteiger partial charge on any atom is 0.171 e. The topological polar surface area (TPSA) is 51.1 Å². The van der Waals surface area contributed by atoms with E-state index in [1.54, 1.807) is 7.11 Å². The van der Waals surface area contributed by atoms with Gasteiger partial charge in [-0.05, 0) is 48.0 Å². The van der Waals surface area contributed by atoms with Crippen LogP contribution in [0.1, 0.15) is 22.3 Å². The first kappa shape index (κ1) is 15.8. The zero-order valence-corrected chi connectivity index (χ0v) is 14.2. The molecule has 0 radical (unpaired) electrons. The highest BCUT2D eigenvalue weighted by molar-refractivity contribution is 6.21. The van der Waals surface area contributed by atoms with E-state index in [1.807, 2.05) is 42.5 Å². The molecule has 0 atom stereocenters. The number of ether oxygens (including phenoxy) is 2. The number of hydrogen-bond donors (Lipinski definition) is 0. The SMILES string of the molecule is COc1ccc(C2=Nc3ccc(N4CCOCC4)cc3C(=O)C2)cc1. The molecular formula is C20H20N2O3. The van der Waals surface area contributed by atoms with Gasteiger partial charge in [-0.2, -0.15) is 0 Å². The number of fused-ring (bicyclic) bond motifs is 1. The summed E-state index contributed by atoms with van der Waals surface area (Å²) in [6.45, 7) is 3.16. The van der Waals surface area contributed by atoms with Gasteiger partial charge in [-0.1, -0.05) is 0 Å². The van der Waals surface area contributed by atoms with Crippen molar-refractivity contribution in [2.75, 3.05) is 38.3 Å². The number of benzene rings is 2. The van der Waals surface area contributed by atoms with Crippen LogP contribution in [-0.2, 0) is 4.74 Å². The molecule has 0 spiro atoms. The van der Waals surface area contributed by atoms with Crippen LogP contribution in [0.5, 0.6) is 5.75 Å². The number of rotatable bonds is 3. The molecule has 1 fully saturated rings. The van der Waals surface area contributed by atoms with Crippen LogP contribution in [0.2, 0.25) is 0 Å². The average Bonchev–Trinajstić information content (AvgIpc) is 2.68. The van der Waals surface area contributed by atoms with Gasteiger partial charge in [0.15, 0.2) is 5.78 Å². The molecule has 2 aromatic carbocycles. The smallest absolute Gasteiger partial charge is 0.171 e. The fourth-order valence-corrected chi connectivity index (χ4v) is 3.25. The number of aliphatic imine (C=N–C) groups is 1. The number of hydrogen-bond acceptors (Lipinski definition) is 5. The lowest BCUT2D eigenvalue weighted by Crippen LogP contribution is -2.36. The van der Waals surface area contributed by atoms with Gasteiger partial charge in [-0.15, -0.1) is 0 Å². The van der Waals surface area contributed by atoms with Gasteiger partial charge >= 0.3 is 0 Å². The van der Waals surface area contributed by atoms with Crippen LogP contribution < -0.4 is 9.64 Å². The molecule has 2 heterocycles. The van der Waals surface area contributed by atoms with E-state index in [0.717, 1.165) is 54.7 Å². The van der Waals surface area contributed by atoms with Crippen molar-refractivity contribution >= 4 is 22.9 Å². The minimum Gasteiger partial charge on any atom is -0.497 e. The first-order chi connectivity index (χ1) is 12.2. The highest BCUT2D eigenvalue weighted by Crippen LogP contribution is 2.32. The Bertz CT molecular complexity index is 821. The largest absolute Gasteiger partial charge is 0.497 e. The molecule has 0 bridgehead atoms. The van der Waals surface area contributed by atoms with Gasteiger partial charge in [-0.25, -0.2) is 0 Å². The van der Waals surface area contributed by atoms with Gasteiger partial charge in [0.25, 0.3) is 0 Å². The van der Waals surface area contributed by atoms with Crippen LogP contribution in [0.3, 0.4) is 0 Å². The summed E-state index contributed by atoms with van der Waals surface area (Å²) in [6, 6.07) is 13.6. The van der Waals surface area contributed by atoms with Gasteiger partial charge in [0.05, 0.1) is 38.1 Å². The summed E-state index contributed by atoms with van der Waals surface area (Å²) in [5, 5.41) is 0. The van der Waals surface area contributed by atoms with Crippen LogP contribution in [0.15, 0.2) is 47.5 Å². The fraction of sp³-hybridized carbons (Fsp3) is 0.300. The molecular weight excluding hydrogens is 316 g/mol. The van der Waals surface area contributed by atoms with Crippen LogP contribution >= 0.6 is 0 Å². The molecule has 5 nitrogen and oxygen atoms in total. The minimum atomic E-state index is 0.117. The summed E-state index contributed by atoms with van der Waals surface area (Å²) < 4.78 is 10.6. The third kappa shape index (κ3) is 3.15. The third-order valence-electron chi connectivity index (χ3n) is 4.66. The Hall–Kier alpha value is -2.66. The highest BCUT2D eigenvalue weighted by atomic mass is 16.5. The number of anilines is 1. The van der Waals surface area contributed by atoms with E-state index in [1.165, 1.54) is 0 Å². The second-order valence-electron chi connectivity index (χ2n) is 6.19. The summed E-state index contributed by atoms with van der Waals surface area (Å²) in [5.74, 6) is 0.910. The van der Waals surface area contributed by atoms with E-state index < -0.39 is 0 Å². The number of carbonyl (C=O) groups is 1. The van der Waals surface area contributed by atoms with Crippen molar-refractivity contribution in [3.8, 4) is 5.75 Å². The van der Waals surface area contributed by atoms with Crippen molar-refractivity contribution in [1.82, 2.24) is 0 Å². The average molecular weight is 336 g/mol. The molecule has 2 aliphatic heterocycles. The Morgan fingerprint density at radius 3 is 2.56 bits per heavy atom. The summed E-state index contributed by atoms with van der Waals surface area (Å²) in [4.78, 5) is 19.6. The molecule has 4 rings (SSSR count). The third-order valence-corrected chi connectivity index (χ3v) is 4.66. The molecule has 0 saturated carbocycles. The van der Waals surface area contributed by atoms with Gasteiger partial charge < -0.3 is 14.4 Å². The number of nitrogens with zero attached hydrogens (tertiary/aromatic N) is 2. The monoisotopic (exact) mass is 336 g/mol. The predicted octanol–water partition coefficient (Wildman–Crippen LogP) is 3.24. The zero-order chi connectivity index (χ0) is 17.2.